The summed E-state index contributed by atoms with van der Waals surface area (Å²) in [6.07, 6.45) is 11.4. The molecule has 26 heavy (non-hydrogen) atoms. The van der Waals surface area contributed by atoms with Crippen LogP contribution in [0.15, 0.2) is 31.1 Å². The number of anilines is 1. The van der Waals surface area contributed by atoms with Gasteiger partial charge in [0.05, 0.1) is 12.4 Å². The molecule has 136 valence electrons. The van der Waals surface area contributed by atoms with Gasteiger partial charge in [0.1, 0.15) is 23.8 Å². The molecule has 0 amide bonds. The molecule has 0 aliphatic carbocycles. The Hall–Kier alpha value is -2.77. The van der Waals surface area contributed by atoms with Crippen molar-refractivity contribution in [3.63, 3.8) is 0 Å². The van der Waals surface area contributed by atoms with E-state index in [0.29, 0.717) is 12.0 Å². The van der Waals surface area contributed by atoms with Crippen LogP contribution in [0.4, 0.5) is 5.82 Å². The maximum atomic E-state index is 4.82. The van der Waals surface area contributed by atoms with Crippen LogP contribution in [0.1, 0.15) is 50.3 Å². The van der Waals surface area contributed by atoms with Gasteiger partial charge in [-0.25, -0.2) is 9.97 Å². The highest BCUT2D eigenvalue weighted by molar-refractivity contribution is 5.41. The van der Waals surface area contributed by atoms with Crippen molar-refractivity contribution in [2.45, 2.75) is 45.6 Å². The Morgan fingerprint density at radius 1 is 1.19 bits per heavy atom. The van der Waals surface area contributed by atoms with Crippen molar-refractivity contribution in [2.75, 3.05) is 18.0 Å². The zero-order valence-corrected chi connectivity index (χ0v) is 15.4. The molecule has 3 aromatic rings. The minimum absolute atomic E-state index is 0.356. The highest BCUT2D eigenvalue weighted by Gasteiger charge is 2.27. The number of imidazole rings is 1. The number of piperidine rings is 1. The Morgan fingerprint density at radius 2 is 2.04 bits per heavy atom. The van der Waals surface area contributed by atoms with E-state index in [0.717, 1.165) is 49.2 Å². The molecule has 1 atom stereocenters. The van der Waals surface area contributed by atoms with Gasteiger partial charge in [-0.2, -0.15) is 0 Å². The van der Waals surface area contributed by atoms with Gasteiger partial charge in [-0.15, -0.1) is 10.2 Å². The number of nitrogens with zero attached hydrogens (tertiary/aromatic N) is 8. The van der Waals surface area contributed by atoms with E-state index < -0.39 is 0 Å². The number of aryl methyl sites for hydroxylation is 1. The Bertz CT molecular complexity index is 881. The summed E-state index contributed by atoms with van der Waals surface area (Å²) in [5.41, 5.74) is 0. The summed E-state index contributed by atoms with van der Waals surface area (Å²) in [5, 5.41) is 8.53. The molecular weight excluding hydrogens is 328 g/mol. The Morgan fingerprint density at radius 3 is 2.81 bits per heavy atom. The van der Waals surface area contributed by atoms with Crippen molar-refractivity contribution in [2.24, 2.45) is 0 Å². The molecule has 0 N–H and O–H groups in total. The van der Waals surface area contributed by atoms with E-state index in [4.69, 9.17) is 4.98 Å². The zero-order valence-electron chi connectivity index (χ0n) is 15.4. The Balaban J connectivity index is 1.59. The van der Waals surface area contributed by atoms with Gasteiger partial charge in [-0.05, 0) is 33.6 Å². The molecule has 0 saturated carbocycles. The third-order valence-corrected chi connectivity index (χ3v) is 4.95. The van der Waals surface area contributed by atoms with E-state index >= 15 is 0 Å². The summed E-state index contributed by atoms with van der Waals surface area (Å²) in [6, 6.07) is 0.364. The van der Waals surface area contributed by atoms with Crippen LogP contribution in [-0.2, 0) is 0 Å². The van der Waals surface area contributed by atoms with Crippen LogP contribution in [0.3, 0.4) is 0 Å². The SMILES string of the molecule is Cc1nccn1-c1cncc(N2CCCC(c3nncn3C(C)C)C2)n1. The lowest BCUT2D eigenvalue weighted by Gasteiger charge is -2.33. The van der Waals surface area contributed by atoms with E-state index in [1.165, 1.54) is 0 Å². The first-order chi connectivity index (χ1) is 12.6. The smallest absolute Gasteiger partial charge is 0.159 e. The van der Waals surface area contributed by atoms with Crippen molar-refractivity contribution in [1.82, 2.24) is 34.3 Å². The lowest BCUT2D eigenvalue weighted by Crippen LogP contribution is -2.36. The molecule has 3 aromatic heterocycles. The van der Waals surface area contributed by atoms with Crippen LogP contribution in [0.25, 0.3) is 5.82 Å². The average molecular weight is 352 g/mol. The maximum absolute atomic E-state index is 4.82. The van der Waals surface area contributed by atoms with E-state index in [-0.39, 0.29) is 0 Å². The molecule has 0 radical (unpaired) electrons. The molecule has 4 rings (SSSR count). The van der Waals surface area contributed by atoms with Gasteiger partial charge in [0.25, 0.3) is 0 Å². The summed E-state index contributed by atoms with van der Waals surface area (Å²) in [6.45, 7) is 8.15. The molecule has 1 fully saturated rings. The van der Waals surface area contributed by atoms with Gasteiger partial charge in [-0.3, -0.25) is 9.55 Å². The fourth-order valence-corrected chi connectivity index (χ4v) is 3.57. The molecule has 1 aliphatic heterocycles. The third kappa shape index (κ3) is 3.07. The number of hydrogen-bond donors (Lipinski definition) is 0. The normalized spacial score (nSPS) is 17.8. The van der Waals surface area contributed by atoms with Gasteiger partial charge >= 0.3 is 0 Å². The molecule has 1 unspecified atom stereocenters. The topological polar surface area (TPSA) is 77.5 Å². The van der Waals surface area contributed by atoms with Crippen LogP contribution in [-0.4, -0.2) is 47.4 Å². The van der Waals surface area contributed by atoms with Gasteiger partial charge in [0.15, 0.2) is 5.82 Å². The lowest BCUT2D eigenvalue weighted by molar-refractivity contribution is 0.453. The minimum Gasteiger partial charge on any atom is -0.355 e. The van der Waals surface area contributed by atoms with Crippen LogP contribution in [0.5, 0.6) is 0 Å². The summed E-state index contributed by atoms with van der Waals surface area (Å²) >= 11 is 0. The van der Waals surface area contributed by atoms with Crippen molar-refractivity contribution in [3.05, 3.63) is 42.8 Å². The third-order valence-electron chi connectivity index (χ3n) is 4.95. The van der Waals surface area contributed by atoms with E-state index in [1.807, 2.05) is 30.2 Å². The molecule has 1 aliphatic rings. The molecule has 8 heteroatoms. The zero-order chi connectivity index (χ0) is 18.1. The van der Waals surface area contributed by atoms with Crippen molar-refractivity contribution >= 4 is 5.82 Å². The molecule has 0 bridgehead atoms. The molecule has 8 nitrogen and oxygen atoms in total. The van der Waals surface area contributed by atoms with Crippen molar-refractivity contribution in [3.8, 4) is 5.82 Å². The van der Waals surface area contributed by atoms with E-state index in [9.17, 15) is 0 Å². The van der Waals surface area contributed by atoms with Crippen LogP contribution in [0.2, 0.25) is 0 Å². The lowest BCUT2D eigenvalue weighted by atomic mass is 9.97. The van der Waals surface area contributed by atoms with Crippen LogP contribution in [0, 0.1) is 6.92 Å². The van der Waals surface area contributed by atoms with E-state index in [1.54, 1.807) is 12.4 Å². The summed E-state index contributed by atoms with van der Waals surface area (Å²) in [4.78, 5) is 15.8. The molecule has 1 saturated heterocycles. The molecule has 0 aromatic carbocycles. The number of hydrogen-bond acceptors (Lipinski definition) is 6. The predicted molar refractivity (Wildman–Crippen MR) is 98.5 cm³/mol. The van der Waals surface area contributed by atoms with Gasteiger partial charge in [0.2, 0.25) is 0 Å². The second kappa shape index (κ2) is 6.86. The van der Waals surface area contributed by atoms with Crippen LogP contribution < -0.4 is 4.90 Å². The predicted octanol–water partition coefficient (Wildman–Crippen LogP) is 2.53. The van der Waals surface area contributed by atoms with Gasteiger partial charge in [-0.1, -0.05) is 0 Å². The maximum Gasteiger partial charge on any atom is 0.159 e. The first-order valence-electron chi connectivity index (χ1n) is 9.10. The molecule has 4 heterocycles. The second-order valence-corrected chi connectivity index (χ2v) is 7.06. The fraction of sp³-hybridized carbons (Fsp3) is 0.500. The quantitative estimate of drug-likeness (QED) is 0.718. The summed E-state index contributed by atoms with van der Waals surface area (Å²) in [5.74, 6) is 4.02. The Kier molecular flexibility index (Phi) is 4.40. The van der Waals surface area contributed by atoms with Gasteiger partial charge in [0, 0.05) is 37.4 Å². The van der Waals surface area contributed by atoms with Crippen LogP contribution >= 0.6 is 0 Å². The van der Waals surface area contributed by atoms with Crippen molar-refractivity contribution in [1.29, 1.82) is 0 Å². The van der Waals surface area contributed by atoms with Crippen molar-refractivity contribution < 1.29 is 0 Å². The summed E-state index contributed by atoms with van der Waals surface area (Å²) < 4.78 is 4.12. The second-order valence-electron chi connectivity index (χ2n) is 7.06. The van der Waals surface area contributed by atoms with E-state index in [2.05, 4.69) is 43.5 Å². The first-order valence-corrected chi connectivity index (χ1v) is 9.10. The summed E-state index contributed by atoms with van der Waals surface area (Å²) in [7, 11) is 0. The fourth-order valence-electron chi connectivity index (χ4n) is 3.57. The average Bonchev–Trinajstić information content (AvgIpc) is 3.31. The highest BCUT2D eigenvalue weighted by Crippen LogP contribution is 2.29. The molecule has 0 spiro atoms. The number of aromatic nitrogens is 7. The first kappa shape index (κ1) is 16.7. The largest absolute Gasteiger partial charge is 0.355 e. The minimum atomic E-state index is 0.356. The monoisotopic (exact) mass is 352 g/mol. The van der Waals surface area contributed by atoms with Gasteiger partial charge < -0.3 is 9.47 Å². The molecular formula is C18H24N8. The standard InChI is InChI=1S/C18H24N8/c1-13(2)26-12-21-23-18(26)15-5-4-7-24(11-15)16-9-19-10-17(22-16)25-8-6-20-14(25)3/h6,8-10,12-13,15H,4-5,7,11H2,1-3H3. The number of rotatable bonds is 4. The Labute approximate surface area is 152 Å². The highest BCUT2D eigenvalue weighted by atomic mass is 15.3.